The Morgan fingerprint density at radius 1 is 1.14 bits per heavy atom. The first-order valence-corrected chi connectivity index (χ1v) is 6.42. The number of nitrogens with one attached hydrogen (secondary N) is 2. The number of hydrogen-bond donors (Lipinski definition) is 2. The van der Waals surface area contributed by atoms with Gasteiger partial charge in [-0.15, -0.1) is 6.58 Å². The predicted molar refractivity (Wildman–Crippen MR) is 83.5 cm³/mol. The molecule has 2 rings (SSSR count). The molecule has 0 spiro atoms. The first-order chi connectivity index (χ1) is 10.3. The second-order valence-electron chi connectivity index (χ2n) is 4.15. The average Bonchev–Trinajstić information content (AvgIpc) is 2.53. The van der Waals surface area contributed by atoms with Gasteiger partial charge in [-0.1, -0.05) is 6.08 Å². The molecule has 1 aromatic heterocycles. The van der Waals surface area contributed by atoms with Gasteiger partial charge < -0.3 is 20.1 Å². The molecule has 0 aliphatic rings. The lowest BCUT2D eigenvalue weighted by Crippen LogP contribution is -2.03. The summed E-state index contributed by atoms with van der Waals surface area (Å²) < 4.78 is 10.5. The molecule has 0 bridgehead atoms. The molecule has 6 heteroatoms. The SMILES string of the molecule is C=CCNc1cc(Nc2ccc(OC)cc2OC)ncn1. The van der Waals surface area contributed by atoms with E-state index in [9.17, 15) is 0 Å². The Labute approximate surface area is 123 Å². The zero-order valence-electron chi connectivity index (χ0n) is 12.1. The minimum absolute atomic E-state index is 0.641. The highest BCUT2D eigenvalue weighted by Gasteiger charge is 2.06. The van der Waals surface area contributed by atoms with Crippen LogP contribution in [0.2, 0.25) is 0 Å². The lowest BCUT2D eigenvalue weighted by Gasteiger charge is -2.12. The maximum absolute atomic E-state index is 5.34. The van der Waals surface area contributed by atoms with Gasteiger partial charge in [-0.05, 0) is 12.1 Å². The maximum Gasteiger partial charge on any atom is 0.146 e. The van der Waals surface area contributed by atoms with Crippen molar-refractivity contribution in [2.75, 3.05) is 31.4 Å². The van der Waals surface area contributed by atoms with E-state index in [1.807, 2.05) is 18.2 Å². The Hall–Kier alpha value is -2.76. The maximum atomic E-state index is 5.34. The second kappa shape index (κ2) is 7.14. The number of aromatic nitrogens is 2. The number of ether oxygens (including phenoxy) is 2. The normalized spacial score (nSPS) is 9.81. The van der Waals surface area contributed by atoms with Gasteiger partial charge in [-0.25, -0.2) is 9.97 Å². The van der Waals surface area contributed by atoms with E-state index in [0.717, 1.165) is 17.3 Å². The van der Waals surface area contributed by atoms with Crippen molar-refractivity contribution in [3.8, 4) is 11.5 Å². The minimum Gasteiger partial charge on any atom is -0.497 e. The van der Waals surface area contributed by atoms with Crippen molar-refractivity contribution in [2.45, 2.75) is 0 Å². The summed E-state index contributed by atoms with van der Waals surface area (Å²) in [5.41, 5.74) is 0.798. The van der Waals surface area contributed by atoms with Gasteiger partial charge in [-0.2, -0.15) is 0 Å². The van der Waals surface area contributed by atoms with Gasteiger partial charge in [0.05, 0.1) is 19.9 Å². The van der Waals surface area contributed by atoms with Crippen LogP contribution < -0.4 is 20.1 Å². The van der Waals surface area contributed by atoms with E-state index >= 15 is 0 Å². The van der Waals surface area contributed by atoms with Gasteiger partial charge in [0.2, 0.25) is 0 Å². The van der Waals surface area contributed by atoms with Crippen LogP contribution in [0.5, 0.6) is 11.5 Å². The summed E-state index contributed by atoms with van der Waals surface area (Å²) in [4.78, 5) is 8.31. The Kier molecular flexibility index (Phi) is 4.98. The fraction of sp³-hybridized carbons (Fsp3) is 0.200. The Morgan fingerprint density at radius 3 is 2.67 bits per heavy atom. The van der Waals surface area contributed by atoms with Crippen LogP contribution in [-0.2, 0) is 0 Å². The summed E-state index contributed by atoms with van der Waals surface area (Å²) in [7, 11) is 3.22. The molecule has 0 amide bonds. The number of methoxy groups -OCH3 is 2. The summed E-state index contributed by atoms with van der Waals surface area (Å²) >= 11 is 0. The fourth-order valence-corrected chi connectivity index (χ4v) is 1.74. The Morgan fingerprint density at radius 2 is 1.95 bits per heavy atom. The first-order valence-electron chi connectivity index (χ1n) is 6.42. The monoisotopic (exact) mass is 286 g/mol. The van der Waals surface area contributed by atoms with Gasteiger partial charge in [0.15, 0.2) is 0 Å². The third kappa shape index (κ3) is 3.85. The first kappa shape index (κ1) is 14.6. The van der Waals surface area contributed by atoms with Crippen LogP contribution in [0.4, 0.5) is 17.3 Å². The van der Waals surface area contributed by atoms with Crippen molar-refractivity contribution in [1.82, 2.24) is 9.97 Å². The molecule has 0 radical (unpaired) electrons. The van der Waals surface area contributed by atoms with E-state index in [4.69, 9.17) is 9.47 Å². The van der Waals surface area contributed by atoms with Crippen molar-refractivity contribution in [1.29, 1.82) is 0 Å². The van der Waals surface area contributed by atoms with Crippen LogP contribution in [0.1, 0.15) is 0 Å². The smallest absolute Gasteiger partial charge is 0.146 e. The third-order valence-corrected chi connectivity index (χ3v) is 2.77. The number of nitrogens with zero attached hydrogens (tertiary/aromatic N) is 2. The predicted octanol–water partition coefficient (Wildman–Crippen LogP) is 2.84. The standard InChI is InChI=1S/C15H18N4O2/c1-4-7-16-14-9-15(18-10-17-14)19-12-6-5-11(20-2)8-13(12)21-3/h4-6,8-10H,1,7H2,2-3H3,(H2,16,17,18,19). The molecule has 1 aromatic carbocycles. The Bertz CT molecular complexity index is 616. The summed E-state index contributed by atoms with van der Waals surface area (Å²) in [6.07, 6.45) is 3.26. The van der Waals surface area contributed by atoms with Crippen molar-refractivity contribution < 1.29 is 9.47 Å². The number of rotatable bonds is 7. The van der Waals surface area contributed by atoms with Gasteiger partial charge in [0, 0.05) is 18.7 Å². The quantitative estimate of drug-likeness (QED) is 0.763. The van der Waals surface area contributed by atoms with E-state index in [-0.39, 0.29) is 0 Å². The van der Waals surface area contributed by atoms with Crippen molar-refractivity contribution in [3.63, 3.8) is 0 Å². The van der Waals surface area contributed by atoms with Crippen LogP contribution in [-0.4, -0.2) is 30.7 Å². The van der Waals surface area contributed by atoms with Gasteiger partial charge in [0.1, 0.15) is 29.5 Å². The van der Waals surface area contributed by atoms with Gasteiger partial charge in [0.25, 0.3) is 0 Å². The molecule has 21 heavy (non-hydrogen) atoms. The minimum atomic E-state index is 0.641. The number of hydrogen-bond acceptors (Lipinski definition) is 6. The van der Waals surface area contributed by atoms with E-state index in [1.165, 1.54) is 6.33 Å². The van der Waals surface area contributed by atoms with Crippen LogP contribution in [0.15, 0.2) is 43.2 Å². The van der Waals surface area contributed by atoms with Crippen LogP contribution in [0.3, 0.4) is 0 Å². The molecular weight excluding hydrogens is 268 g/mol. The molecule has 2 N–H and O–H groups in total. The summed E-state index contributed by atoms with van der Waals surface area (Å²) in [5.74, 6) is 2.79. The molecule has 0 fully saturated rings. The number of benzene rings is 1. The zero-order chi connectivity index (χ0) is 15.1. The molecule has 110 valence electrons. The number of anilines is 3. The summed E-state index contributed by atoms with van der Waals surface area (Å²) in [5, 5.41) is 6.30. The van der Waals surface area contributed by atoms with Crippen LogP contribution >= 0.6 is 0 Å². The second-order valence-corrected chi connectivity index (χ2v) is 4.15. The molecular formula is C15H18N4O2. The van der Waals surface area contributed by atoms with Crippen molar-refractivity contribution in [3.05, 3.63) is 43.2 Å². The topological polar surface area (TPSA) is 68.3 Å². The molecule has 0 atom stereocenters. The lowest BCUT2D eigenvalue weighted by atomic mass is 10.2. The van der Waals surface area contributed by atoms with Crippen LogP contribution in [0, 0.1) is 0 Å². The largest absolute Gasteiger partial charge is 0.497 e. The molecule has 0 saturated carbocycles. The molecule has 2 aromatic rings. The average molecular weight is 286 g/mol. The third-order valence-electron chi connectivity index (χ3n) is 2.77. The van der Waals surface area contributed by atoms with E-state index in [2.05, 4.69) is 27.2 Å². The zero-order valence-corrected chi connectivity index (χ0v) is 12.1. The highest BCUT2D eigenvalue weighted by molar-refractivity contribution is 5.66. The molecule has 6 nitrogen and oxygen atoms in total. The van der Waals surface area contributed by atoms with Crippen molar-refractivity contribution >= 4 is 17.3 Å². The van der Waals surface area contributed by atoms with E-state index < -0.39 is 0 Å². The molecule has 0 aliphatic carbocycles. The van der Waals surface area contributed by atoms with Gasteiger partial charge >= 0.3 is 0 Å². The fourth-order valence-electron chi connectivity index (χ4n) is 1.74. The van der Waals surface area contributed by atoms with Crippen molar-refractivity contribution in [2.24, 2.45) is 0 Å². The summed E-state index contributed by atoms with van der Waals surface area (Å²) in [6, 6.07) is 7.34. The molecule has 0 saturated heterocycles. The molecule has 0 unspecified atom stereocenters. The Balaban J connectivity index is 2.19. The van der Waals surface area contributed by atoms with Crippen LogP contribution in [0.25, 0.3) is 0 Å². The van der Waals surface area contributed by atoms with E-state index in [1.54, 1.807) is 26.4 Å². The highest BCUT2D eigenvalue weighted by atomic mass is 16.5. The van der Waals surface area contributed by atoms with E-state index in [0.29, 0.717) is 18.1 Å². The van der Waals surface area contributed by atoms with Gasteiger partial charge in [-0.3, -0.25) is 0 Å². The lowest BCUT2D eigenvalue weighted by molar-refractivity contribution is 0.395. The molecule has 0 aliphatic heterocycles. The summed E-state index contributed by atoms with van der Waals surface area (Å²) in [6.45, 7) is 4.30. The highest BCUT2D eigenvalue weighted by Crippen LogP contribution is 2.31. The molecule has 1 heterocycles.